The lowest BCUT2D eigenvalue weighted by atomic mass is 9.64. The Morgan fingerprint density at radius 2 is 0.757 bits per heavy atom. The van der Waals surface area contributed by atoms with Gasteiger partial charge in [0.2, 0.25) is 0 Å². The van der Waals surface area contributed by atoms with Gasteiger partial charge in [-0.25, -0.2) is 0 Å². The predicted octanol–water partition coefficient (Wildman–Crippen LogP) is 19.4. The van der Waals surface area contributed by atoms with Gasteiger partial charge >= 0.3 is 0 Å². The summed E-state index contributed by atoms with van der Waals surface area (Å²) in [7, 11) is 0. The molecule has 0 N–H and O–H groups in total. The van der Waals surface area contributed by atoms with E-state index in [9.17, 15) is 0 Å². The Morgan fingerprint density at radius 1 is 0.297 bits per heavy atom. The third-order valence-corrected chi connectivity index (χ3v) is 15.7. The van der Waals surface area contributed by atoms with Crippen LogP contribution >= 0.6 is 0 Å². The van der Waals surface area contributed by atoms with Crippen LogP contribution in [0.2, 0.25) is 0 Å². The van der Waals surface area contributed by atoms with Crippen LogP contribution in [0.25, 0.3) is 77.2 Å². The molecule has 2 aliphatic rings. The van der Waals surface area contributed by atoms with E-state index in [1.165, 1.54) is 66.7 Å². The van der Waals surface area contributed by atoms with Crippen molar-refractivity contribution in [1.29, 1.82) is 0 Å². The summed E-state index contributed by atoms with van der Waals surface area (Å²) in [6.07, 6.45) is 0. The number of nitrogens with zero attached hydrogens (tertiary/aromatic N) is 2. The minimum atomic E-state index is -0.647. The molecule has 0 radical (unpaired) electrons. The second-order valence-corrected chi connectivity index (χ2v) is 19.4. The Balaban J connectivity index is 1.04. The number of hydrogen-bond acceptors (Lipinski definition) is 3. The fourth-order valence-electron chi connectivity index (χ4n) is 12.7. The Morgan fingerprint density at radius 3 is 1.50 bits per heavy atom. The van der Waals surface area contributed by atoms with Gasteiger partial charge in [-0.3, -0.25) is 0 Å². The fourth-order valence-corrected chi connectivity index (χ4v) is 12.7. The highest BCUT2D eigenvalue weighted by Crippen LogP contribution is 2.65. The third kappa shape index (κ3) is 6.08. The van der Waals surface area contributed by atoms with E-state index in [4.69, 9.17) is 4.42 Å². The van der Waals surface area contributed by atoms with E-state index in [0.29, 0.717) is 0 Å². The zero-order valence-electron chi connectivity index (χ0n) is 40.4. The van der Waals surface area contributed by atoms with Gasteiger partial charge in [0.1, 0.15) is 11.2 Å². The molecule has 0 atom stereocenters. The lowest BCUT2D eigenvalue weighted by Crippen LogP contribution is -2.36. The summed E-state index contributed by atoms with van der Waals surface area (Å²) >= 11 is 0. The van der Waals surface area contributed by atoms with E-state index in [1.807, 2.05) is 0 Å². The molecule has 1 aromatic heterocycles. The van der Waals surface area contributed by atoms with Crippen molar-refractivity contribution in [3.63, 3.8) is 0 Å². The molecule has 2 heterocycles. The van der Waals surface area contributed by atoms with Crippen molar-refractivity contribution in [2.45, 2.75) is 5.41 Å². The second kappa shape index (κ2) is 16.7. The maximum absolute atomic E-state index is 6.86. The van der Waals surface area contributed by atoms with Crippen LogP contribution in [0, 0.1) is 0 Å². The SMILES string of the molecule is c1ccc(N2c3ccccc3C3(c4ccccc4-c4c(N(c5ccccc5-c5ccccc5-c5cccc6ccccc56)c5ccccc5-c5cccc6c5oc5ccccc56)cccc43)c3ccccc32)cc1. The number of rotatable bonds is 7. The number of anilines is 6. The third-order valence-electron chi connectivity index (χ3n) is 15.7. The molecule has 0 bridgehead atoms. The van der Waals surface area contributed by atoms with Crippen LogP contribution in [0.1, 0.15) is 22.3 Å². The highest BCUT2D eigenvalue weighted by atomic mass is 16.3. The van der Waals surface area contributed by atoms with Gasteiger partial charge in [-0.15, -0.1) is 0 Å². The minimum Gasteiger partial charge on any atom is -0.455 e. The van der Waals surface area contributed by atoms with Crippen LogP contribution in [-0.2, 0) is 5.41 Å². The first kappa shape index (κ1) is 42.0. The molecular formula is C71H46N2O. The molecule has 13 aromatic rings. The second-order valence-electron chi connectivity index (χ2n) is 19.4. The molecule has 3 heteroatoms. The Labute approximate surface area is 430 Å². The van der Waals surface area contributed by atoms with Crippen LogP contribution < -0.4 is 9.80 Å². The normalized spacial score (nSPS) is 12.9. The molecule has 12 aromatic carbocycles. The number of furan rings is 1. The van der Waals surface area contributed by atoms with Crippen LogP contribution in [-0.4, -0.2) is 0 Å². The van der Waals surface area contributed by atoms with Crippen molar-refractivity contribution >= 4 is 66.8 Å². The molecule has 74 heavy (non-hydrogen) atoms. The van der Waals surface area contributed by atoms with E-state index < -0.39 is 5.41 Å². The Hall–Kier alpha value is -9.70. The van der Waals surface area contributed by atoms with E-state index in [-0.39, 0.29) is 0 Å². The molecule has 0 saturated carbocycles. The van der Waals surface area contributed by atoms with Crippen LogP contribution in [0.4, 0.5) is 34.1 Å². The lowest BCUT2D eigenvalue weighted by Gasteiger charge is -2.45. The first-order valence-corrected chi connectivity index (χ1v) is 25.5. The molecule has 1 aliphatic carbocycles. The van der Waals surface area contributed by atoms with Crippen molar-refractivity contribution < 1.29 is 4.42 Å². The largest absolute Gasteiger partial charge is 0.455 e. The highest BCUT2D eigenvalue weighted by molar-refractivity contribution is 6.12. The minimum absolute atomic E-state index is 0.647. The van der Waals surface area contributed by atoms with Gasteiger partial charge in [-0.1, -0.05) is 231 Å². The molecule has 15 rings (SSSR count). The summed E-state index contributed by atoms with van der Waals surface area (Å²) in [6.45, 7) is 0. The quantitative estimate of drug-likeness (QED) is 0.159. The molecule has 0 unspecified atom stereocenters. The molecule has 3 nitrogen and oxygen atoms in total. The fraction of sp³-hybridized carbons (Fsp3) is 0.0141. The Bertz CT molecular complexity index is 4300. The van der Waals surface area contributed by atoms with Crippen molar-refractivity contribution in [2.75, 3.05) is 9.80 Å². The van der Waals surface area contributed by atoms with E-state index in [2.05, 4.69) is 289 Å². The van der Waals surface area contributed by atoms with E-state index in [0.717, 1.165) is 66.9 Å². The van der Waals surface area contributed by atoms with Gasteiger partial charge in [0.05, 0.1) is 33.9 Å². The maximum atomic E-state index is 6.86. The summed E-state index contributed by atoms with van der Waals surface area (Å²) < 4.78 is 6.86. The van der Waals surface area contributed by atoms with E-state index >= 15 is 0 Å². The summed E-state index contributed by atoms with van der Waals surface area (Å²) in [6, 6.07) is 102. The van der Waals surface area contributed by atoms with Crippen LogP contribution in [0.3, 0.4) is 0 Å². The monoisotopic (exact) mass is 942 g/mol. The number of para-hydroxylation sites is 7. The van der Waals surface area contributed by atoms with Gasteiger partial charge in [-0.2, -0.15) is 0 Å². The average molecular weight is 943 g/mol. The standard InChI is InChI=1S/C71H46N2O/c1-2-25-48(26-3-1)72-65-43-17-13-38-60(65)71(61-39-14-18-44-66(61)72)59-37-12-8-33-58(59)69-62(71)40-22-45-67(69)73(64-42-16-10-31-54(64)56-35-21-36-57-55-32-11-19-46-68(55)74-70(56)57)63-41-15-9-30-53(63)52-29-7-6-28-51(52)50-34-20-24-47-23-4-5-27-49(47)50/h1-46H. The molecule has 1 spiro atoms. The number of benzene rings is 12. The van der Waals surface area contributed by atoms with Crippen molar-refractivity contribution in [1.82, 2.24) is 0 Å². The lowest BCUT2D eigenvalue weighted by molar-refractivity contribution is 0.670. The average Bonchev–Trinajstić information content (AvgIpc) is 4.06. The summed E-state index contributed by atoms with van der Waals surface area (Å²) in [5.41, 5.74) is 22.0. The number of hydrogen-bond donors (Lipinski definition) is 0. The predicted molar refractivity (Wildman–Crippen MR) is 308 cm³/mol. The van der Waals surface area contributed by atoms with E-state index in [1.54, 1.807) is 0 Å². The van der Waals surface area contributed by atoms with Gasteiger partial charge in [-0.05, 0) is 104 Å². The topological polar surface area (TPSA) is 19.6 Å². The molecule has 0 amide bonds. The molecule has 1 aliphatic heterocycles. The van der Waals surface area contributed by atoms with Crippen LogP contribution in [0.15, 0.2) is 283 Å². The van der Waals surface area contributed by atoms with Gasteiger partial charge in [0.15, 0.2) is 0 Å². The van der Waals surface area contributed by atoms with Gasteiger partial charge < -0.3 is 14.2 Å². The smallest absolute Gasteiger partial charge is 0.143 e. The van der Waals surface area contributed by atoms with Crippen molar-refractivity contribution in [3.05, 3.63) is 301 Å². The maximum Gasteiger partial charge on any atom is 0.143 e. The van der Waals surface area contributed by atoms with Crippen molar-refractivity contribution in [2.24, 2.45) is 0 Å². The van der Waals surface area contributed by atoms with Gasteiger partial charge in [0, 0.05) is 38.7 Å². The molecule has 0 fully saturated rings. The highest BCUT2D eigenvalue weighted by Gasteiger charge is 2.52. The van der Waals surface area contributed by atoms with Crippen LogP contribution in [0.5, 0.6) is 0 Å². The first-order valence-electron chi connectivity index (χ1n) is 25.5. The molecule has 346 valence electrons. The zero-order chi connectivity index (χ0) is 48.7. The summed E-state index contributed by atoms with van der Waals surface area (Å²) in [5, 5.41) is 4.64. The molecule has 0 saturated heterocycles. The van der Waals surface area contributed by atoms with Crippen molar-refractivity contribution in [3.8, 4) is 44.5 Å². The zero-order valence-corrected chi connectivity index (χ0v) is 40.4. The summed E-state index contributed by atoms with van der Waals surface area (Å²) in [4.78, 5) is 5.00. The first-order chi connectivity index (χ1) is 36.8. The Kier molecular flexibility index (Phi) is 9.48. The van der Waals surface area contributed by atoms with Gasteiger partial charge in [0.25, 0.3) is 0 Å². The molecular weight excluding hydrogens is 897 g/mol. The summed E-state index contributed by atoms with van der Waals surface area (Å²) in [5.74, 6) is 0. The number of fused-ring (bicyclic) bond motifs is 13.